The highest BCUT2D eigenvalue weighted by atomic mass is 16.5. The first-order chi connectivity index (χ1) is 9.24. The normalized spacial score (nSPS) is 9.16. The van der Waals surface area contributed by atoms with Gasteiger partial charge in [0.2, 0.25) is 0 Å². The molecule has 0 unspecified atom stereocenters. The standard InChI is InChI=1S/C15H8N2O2/c16-9-12-6-7-14(8-13(12)10-17)19-15(18)11-4-2-1-3-5-11/h1-8H. The van der Waals surface area contributed by atoms with E-state index in [1.165, 1.54) is 18.2 Å². The topological polar surface area (TPSA) is 73.9 Å². The molecule has 19 heavy (non-hydrogen) atoms. The molecule has 0 radical (unpaired) electrons. The first-order valence-corrected chi connectivity index (χ1v) is 5.46. The van der Waals surface area contributed by atoms with Crippen LogP contribution in [0.5, 0.6) is 5.75 Å². The molecule has 0 aromatic heterocycles. The second kappa shape index (κ2) is 5.48. The van der Waals surface area contributed by atoms with Gasteiger partial charge in [0.05, 0.1) is 16.7 Å². The van der Waals surface area contributed by atoms with E-state index >= 15 is 0 Å². The molecule has 0 aliphatic rings. The molecule has 0 amide bonds. The largest absolute Gasteiger partial charge is 0.423 e. The van der Waals surface area contributed by atoms with Crippen LogP contribution in [-0.2, 0) is 0 Å². The van der Waals surface area contributed by atoms with E-state index < -0.39 is 5.97 Å². The average molecular weight is 248 g/mol. The zero-order valence-electron chi connectivity index (χ0n) is 9.83. The Morgan fingerprint density at radius 3 is 2.26 bits per heavy atom. The Balaban J connectivity index is 2.24. The van der Waals surface area contributed by atoms with Gasteiger partial charge in [-0.05, 0) is 24.3 Å². The molecule has 90 valence electrons. The highest BCUT2D eigenvalue weighted by Crippen LogP contribution is 2.18. The number of hydrogen-bond donors (Lipinski definition) is 0. The van der Waals surface area contributed by atoms with E-state index in [2.05, 4.69) is 0 Å². The third-order valence-corrected chi connectivity index (χ3v) is 2.45. The lowest BCUT2D eigenvalue weighted by atomic mass is 10.1. The maximum atomic E-state index is 11.8. The number of benzene rings is 2. The molecule has 0 atom stereocenters. The Kier molecular flexibility index (Phi) is 3.56. The van der Waals surface area contributed by atoms with E-state index in [0.717, 1.165) is 0 Å². The lowest BCUT2D eigenvalue weighted by Gasteiger charge is -2.04. The van der Waals surface area contributed by atoms with E-state index in [0.29, 0.717) is 5.56 Å². The second-order valence-electron chi connectivity index (χ2n) is 3.69. The molecule has 0 aliphatic carbocycles. The molecule has 4 heteroatoms. The zero-order chi connectivity index (χ0) is 13.7. The van der Waals surface area contributed by atoms with Crippen LogP contribution in [0.25, 0.3) is 0 Å². The van der Waals surface area contributed by atoms with Gasteiger partial charge in [-0.25, -0.2) is 4.79 Å². The molecular formula is C15H8N2O2. The lowest BCUT2D eigenvalue weighted by molar-refractivity contribution is 0.0735. The summed E-state index contributed by atoms with van der Waals surface area (Å²) in [4.78, 5) is 11.8. The van der Waals surface area contributed by atoms with Crippen LogP contribution in [-0.4, -0.2) is 5.97 Å². The summed E-state index contributed by atoms with van der Waals surface area (Å²) >= 11 is 0. The number of nitriles is 2. The van der Waals surface area contributed by atoms with Crippen LogP contribution in [0.1, 0.15) is 21.5 Å². The van der Waals surface area contributed by atoms with Crippen molar-refractivity contribution in [1.82, 2.24) is 0 Å². The van der Waals surface area contributed by atoms with E-state index in [1.807, 2.05) is 12.1 Å². The summed E-state index contributed by atoms with van der Waals surface area (Å²) in [6.07, 6.45) is 0. The van der Waals surface area contributed by atoms with Crippen molar-refractivity contribution in [2.24, 2.45) is 0 Å². The van der Waals surface area contributed by atoms with Crippen molar-refractivity contribution in [2.45, 2.75) is 0 Å². The number of esters is 1. The molecule has 4 nitrogen and oxygen atoms in total. The van der Waals surface area contributed by atoms with Gasteiger partial charge in [0.15, 0.2) is 0 Å². The van der Waals surface area contributed by atoms with Crippen molar-refractivity contribution in [2.75, 3.05) is 0 Å². The van der Waals surface area contributed by atoms with Gasteiger partial charge in [-0.3, -0.25) is 0 Å². The summed E-state index contributed by atoms with van der Waals surface area (Å²) in [5.74, 6) is -0.265. The molecule has 2 aromatic carbocycles. The summed E-state index contributed by atoms with van der Waals surface area (Å²) in [5, 5.41) is 17.7. The first kappa shape index (κ1) is 12.3. The third kappa shape index (κ3) is 2.77. The van der Waals surface area contributed by atoms with Crippen molar-refractivity contribution in [1.29, 1.82) is 10.5 Å². The molecule has 0 bridgehead atoms. The van der Waals surface area contributed by atoms with Crippen LogP contribution in [0.4, 0.5) is 0 Å². The molecule has 0 N–H and O–H groups in total. The molecule has 0 fully saturated rings. The monoisotopic (exact) mass is 248 g/mol. The van der Waals surface area contributed by atoms with Crippen LogP contribution in [0.15, 0.2) is 48.5 Å². The van der Waals surface area contributed by atoms with Gasteiger partial charge in [0.25, 0.3) is 0 Å². The van der Waals surface area contributed by atoms with Gasteiger partial charge < -0.3 is 4.74 Å². The lowest BCUT2D eigenvalue weighted by Crippen LogP contribution is -2.08. The zero-order valence-corrected chi connectivity index (χ0v) is 9.83. The van der Waals surface area contributed by atoms with Crippen molar-refractivity contribution in [3.05, 3.63) is 65.2 Å². The first-order valence-electron chi connectivity index (χ1n) is 5.46. The van der Waals surface area contributed by atoms with Crippen molar-refractivity contribution in [3.8, 4) is 17.9 Å². The van der Waals surface area contributed by atoms with E-state index in [4.69, 9.17) is 15.3 Å². The third-order valence-electron chi connectivity index (χ3n) is 2.45. The molecular weight excluding hydrogens is 240 g/mol. The van der Waals surface area contributed by atoms with Crippen molar-refractivity contribution < 1.29 is 9.53 Å². The Hall–Kier alpha value is -3.11. The Bertz CT molecular complexity index is 694. The summed E-state index contributed by atoms with van der Waals surface area (Å²) < 4.78 is 5.14. The van der Waals surface area contributed by atoms with Gasteiger partial charge >= 0.3 is 5.97 Å². The Labute approximate surface area is 110 Å². The van der Waals surface area contributed by atoms with Crippen LogP contribution in [0, 0.1) is 22.7 Å². The molecule has 0 aliphatic heterocycles. The van der Waals surface area contributed by atoms with Gasteiger partial charge in [0.1, 0.15) is 17.9 Å². The highest BCUT2D eigenvalue weighted by Gasteiger charge is 2.09. The predicted octanol–water partition coefficient (Wildman–Crippen LogP) is 2.65. The van der Waals surface area contributed by atoms with Gasteiger partial charge in [0, 0.05) is 6.07 Å². The smallest absolute Gasteiger partial charge is 0.343 e. The fourth-order valence-electron chi connectivity index (χ4n) is 1.52. The SMILES string of the molecule is N#Cc1ccc(OC(=O)c2ccccc2)cc1C#N. The molecule has 0 spiro atoms. The molecule has 0 saturated heterocycles. The summed E-state index contributed by atoms with van der Waals surface area (Å²) in [6.45, 7) is 0. The fourth-order valence-corrected chi connectivity index (χ4v) is 1.52. The van der Waals surface area contributed by atoms with Crippen LogP contribution in [0.3, 0.4) is 0 Å². The van der Waals surface area contributed by atoms with E-state index in [1.54, 1.807) is 30.3 Å². The number of rotatable bonds is 2. The minimum absolute atomic E-state index is 0.181. The predicted molar refractivity (Wildman–Crippen MR) is 67.3 cm³/mol. The molecule has 2 rings (SSSR count). The van der Waals surface area contributed by atoms with Crippen molar-refractivity contribution in [3.63, 3.8) is 0 Å². The second-order valence-corrected chi connectivity index (χ2v) is 3.69. The number of carbonyl (C=O) groups excluding carboxylic acids is 1. The Morgan fingerprint density at radius 2 is 1.63 bits per heavy atom. The maximum Gasteiger partial charge on any atom is 0.343 e. The molecule has 2 aromatic rings. The maximum absolute atomic E-state index is 11.8. The number of carbonyl (C=O) groups is 1. The van der Waals surface area contributed by atoms with Gasteiger partial charge in [-0.2, -0.15) is 10.5 Å². The minimum Gasteiger partial charge on any atom is -0.423 e. The highest BCUT2D eigenvalue weighted by molar-refractivity contribution is 5.91. The van der Waals surface area contributed by atoms with Crippen LogP contribution >= 0.6 is 0 Å². The molecule has 0 saturated carbocycles. The molecule has 0 heterocycles. The van der Waals surface area contributed by atoms with Crippen LogP contribution in [0.2, 0.25) is 0 Å². The summed E-state index contributed by atoms with van der Waals surface area (Å²) in [7, 11) is 0. The quantitative estimate of drug-likeness (QED) is 0.604. The van der Waals surface area contributed by atoms with E-state index in [9.17, 15) is 4.79 Å². The van der Waals surface area contributed by atoms with E-state index in [-0.39, 0.29) is 16.9 Å². The number of hydrogen-bond acceptors (Lipinski definition) is 4. The summed E-state index contributed by atoms with van der Waals surface area (Å²) in [6, 6.07) is 16.6. The summed E-state index contributed by atoms with van der Waals surface area (Å²) in [5.41, 5.74) is 0.855. The average Bonchev–Trinajstić information content (AvgIpc) is 2.48. The number of nitrogens with zero attached hydrogens (tertiary/aromatic N) is 2. The van der Waals surface area contributed by atoms with Crippen molar-refractivity contribution >= 4 is 5.97 Å². The number of ether oxygens (including phenoxy) is 1. The van der Waals surface area contributed by atoms with Gasteiger partial charge in [-0.1, -0.05) is 18.2 Å². The van der Waals surface area contributed by atoms with Gasteiger partial charge in [-0.15, -0.1) is 0 Å². The minimum atomic E-state index is -0.505. The Morgan fingerprint density at radius 1 is 0.947 bits per heavy atom. The van der Waals surface area contributed by atoms with Crippen LogP contribution < -0.4 is 4.74 Å². The fraction of sp³-hybridized carbons (Fsp3) is 0.